The van der Waals surface area contributed by atoms with E-state index in [2.05, 4.69) is 172 Å². The first-order valence-corrected chi connectivity index (χ1v) is 36.7. The number of allylic oxidation sites excluding steroid dienone is 26. The quantitative estimate of drug-likeness (QED) is 0.0211. The molecule has 0 aliphatic carbocycles. The second kappa shape index (κ2) is 67.0. The Morgan fingerprint density at radius 1 is 0.352 bits per heavy atom. The van der Waals surface area contributed by atoms with Crippen LogP contribution in [0.4, 0.5) is 0 Å². The number of esters is 2. The maximum Gasteiger partial charge on any atom is 0.472 e. The first-order valence-electron chi connectivity index (χ1n) is 35.2. The van der Waals surface area contributed by atoms with Crippen molar-refractivity contribution in [2.24, 2.45) is 0 Å². The van der Waals surface area contributed by atoms with Crippen LogP contribution in [0, 0.1) is 0 Å². The summed E-state index contributed by atoms with van der Waals surface area (Å²) in [5, 5.41) is 0. The van der Waals surface area contributed by atoms with Crippen molar-refractivity contribution in [1.29, 1.82) is 0 Å². The van der Waals surface area contributed by atoms with Crippen molar-refractivity contribution in [3.8, 4) is 0 Å². The molecule has 0 radical (unpaired) electrons. The number of phosphoric ester groups is 1. The number of quaternary nitrogens is 1. The summed E-state index contributed by atoms with van der Waals surface area (Å²) in [5.74, 6) is -0.807. The number of phosphoric acid groups is 1. The molecule has 0 aliphatic rings. The van der Waals surface area contributed by atoms with Crippen LogP contribution in [0.5, 0.6) is 0 Å². The molecule has 2 atom stereocenters. The molecule has 0 spiro atoms. The zero-order valence-electron chi connectivity index (χ0n) is 56.9. The highest BCUT2D eigenvalue weighted by atomic mass is 31.2. The van der Waals surface area contributed by atoms with Gasteiger partial charge in [0.25, 0.3) is 0 Å². The van der Waals surface area contributed by atoms with Crippen LogP contribution in [0.3, 0.4) is 0 Å². The molecule has 0 fully saturated rings. The molecule has 0 bridgehead atoms. The number of rotatable bonds is 63. The molecule has 0 amide bonds. The molecule has 0 aromatic rings. The van der Waals surface area contributed by atoms with Crippen molar-refractivity contribution < 1.29 is 42.1 Å². The van der Waals surface area contributed by atoms with E-state index in [0.29, 0.717) is 17.4 Å². The van der Waals surface area contributed by atoms with Crippen LogP contribution >= 0.6 is 7.82 Å². The van der Waals surface area contributed by atoms with Crippen LogP contribution in [0.25, 0.3) is 0 Å². The van der Waals surface area contributed by atoms with Crippen LogP contribution in [0.15, 0.2) is 158 Å². The first kappa shape index (κ1) is 83.6. The van der Waals surface area contributed by atoms with Crippen molar-refractivity contribution in [1.82, 2.24) is 0 Å². The van der Waals surface area contributed by atoms with E-state index in [1.807, 2.05) is 21.1 Å². The van der Waals surface area contributed by atoms with Gasteiger partial charge in [0.05, 0.1) is 27.7 Å². The number of hydrogen-bond acceptors (Lipinski definition) is 7. The average molecular weight is 1240 g/mol. The lowest BCUT2D eigenvalue weighted by atomic mass is 10.0. The van der Waals surface area contributed by atoms with Gasteiger partial charge in [-0.2, -0.15) is 0 Å². The molecule has 500 valence electrons. The standard InChI is InChI=1S/C78H130NO8P/c1-6-8-10-12-14-16-18-20-22-24-26-28-30-32-34-35-36-37-38-39-40-41-42-43-45-47-49-51-53-55-57-59-61-63-65-67-69-71-78(81)87-76(75-86-88(82,83)85-73-72-79(3,4)5)74-84-77(80)70-68-66-64-62-60-58-56-54-52-50-48-46-44-33-31-29-27-25-23-21-19-17-15-13-11-9-7-2/h8-11,14-17,20-23,26-29,32-34,36-37,39-40,42-44,76H,6-7,12-13,18-19,24-25,30-31,35,38,41,45-75H2,1-5H3/p+1/b10-8-,11-9-,16-14-,17-15-,22-20-,23-21-,28-26-,29-27-,34-32-,37-36-,40-39-,43-42-,44-33-. The second-order valence-corrected chi connectivity index (χ2v) is 25.6. The highest BCUT2D eigenvalue weighted by Gasteiger charge is 2.27. The van der Waals surface area contributed by atoms with Crippen molar-refractivity contribution in [3.05, 3.63) is 158 Å². The van der Waals surface area contributed by atoms with Gasteiger partial charge in [0, 0.05) is 12.8 Å². The highest BCUT2D eigenvalue weighted by molar-refractivity contribution is 7.47. The van der Waals surface area contributed by atoms with Gasteiger partial charge in [-0.15, -0.1) is 0 Å². The maximum atomic E-state index is 12.9. The Bertz CT molecular complexity index is 2040. The molecular weight excluding hydrogens is 1110 g/mol. The van der Waals surface area contributed by atoms with Crippen LogP contribution in [-0.4, -0.2) is 74.9 Å². The molecule has 0 aromatic carbocycles. The molecule has 0 heterocycles. The van der Waals surface area contributed by atoms with E-state index in [-0.39, 0.29) is 32.0 Å². The number of hydrogen-bond donors (Lipinski definition) is 1. The van der Waals surface area contributed by atoms with Crippen molar-refractivity contribution in [2.75, 3.05) is 47.5 Å². The summed E-state index contributed by atoms with van der Waals surface area (Å²) in [4.78, 5) is 35.9. The van der Waals surface area contributed by atoms with Gasteiger partial charge in [0.15, 0.2) is 6.10 Å². The van der Waals surface area contributed by atoms with Crippen LogP contribution in [0.2, 0.25) is 0 Å². The van der Waals surface area contributed by atoms with E-state index in [4.69, 9.17) is 18.5 Å². The summed E-state index contributed by atoms with van der Waals surface area (Å²) >= 11 is 0. The third-order valence-electron chi connectivity index (χ3n) is 14.6. The number of carbonyl (C=O) groups excluding carboxylic acids is 2. The molecule has 0 rings (SSSR count). The Balaban J connectivity index is 4.10. The van der Waals surface area contributed by atoms with Gasteiger partial charge in [0.1, 0.15) is 19.8 Å². The maximum absolute atomic E-state index is 12.9. The SMILES string of the molecule is CC/C=C\C/C=C\C/C=C\C/C=C\C/C=C\C/C=C\C/C=C\C/C=C\CCCCCCCCCCCCCCC(=O)OC(COC(=O)CCCCCCCCCCCCC/C=C\C/C=C\C/C=C\C/C=C\C/C=C\CC)COP(=O)(O)OCC[N+](C)(C)C. The highest BCUT2D eigenvalue weighted by Crippen LogP contribution is 2.43. The number of unbranched alkanes of at least 4 members (excludes halogenated alkanes) is 23. The molecule has 0 saturated heterocycles. The van der Waals surface area contributed by atoms with Gasteiger partial charge in [-0.25, -0.2) is 4.57 Å². The summed E-state index contributed by atoms with van der Waals surface area (Å²) < 4.78 is 34.7. The third kappa shape index (κ3) is 70.7. The number of likely N-dealkylation sites (N-methyl/N-ethyl adjacent to an activating group) is 1. The van der Waals surface area contributed by atoms with Crippen molar-refractivity contribution in [2.45, 2.75) is 277 Å². The van der Waals surface area contributed by atoms with E-state index in [9.17, 15) is 19.0 Å². The predicted molar refractivity (Wildman–Crippen MR) is 380 cm³/mol. The Labute approximate surface area is 541 Å². The minimum Gasteiger partial charge on any atom is -0.462 e. The average Bonchev–Trinajstić information content (AvgIpc) is 3.68. The summed E-state index contributed by atoms with van der Waals surface area (Å²) in [6.07, 6.45) is 101. The normalized spacial score (nSPS) is 14.1. The van der Waals surface area contributed by atoms with Crippen molar-refractivity contribution in [3.63, 3.8) is 0 Å². The first-order chi connectivity index (χ1) is 43.0. The van der Waals surface area contributed by atoms with Crippen molar-refractivity contribution >= 4 is 19.8 Å². The van der Waals surface area contributed by atoms with Crippen LogP contribution < -0.4 is 0 Å². The Kier molecular flexibility index (Phi) is 63.7. The largest absolute Gasteiger partial charge is 0.472 e. The topological polar surface area (TPSA) is 108 Å². The van der Waals surface area contributed by atoms with Gasteiger partial charge in [-0.3, -0.25) is 18.6 Å². The number of carbonyl (C=O) groups is 2. The van der Waals surface area contributed by atoms with E-state index >= 15 is 0 Å². The molecule has 1 N–H and O–H groups in total. The van der Waals surface area contributed by atoms with E-state index in [1.165, 1.54) is 116 Å². The fraction of sp³-hybridized carbons (Fsp3) is 0.641. The van der Waals surface area contributed by atoms with Gasteiger partial charge >= 0.3 is 19.8 Å². The molecular formula is C78H131NO8P+. The molecule has 9 nitrogen and oxygen atoms in total. The van der Waals surface area contributed by atoms with Crippen LogP contribution in [-0.2, 0) is 32.7 Å². The molecule has 0 saturated carbocycles. The minimum atomic E-state index is -4.40. The minimum absolute atomic E-state index is 0.0238. The lowest BCUT2D eigenvalue weighted by Crippen LogP contribution is -2.37. The van der Waals surface area contributed by atoms with Gasteiger partial charge < -0.3 is 18.9 Å². The molecule has 88 heavy (non-hydrogen) atoms. The zero-order chi connectivity index (χ0) is 64.1. The Morgan fingerprint density at radius 2 is 0.614 bits per heavy atom. The van der Waals surface area contributed by atoms with E-state index < -0.39 is 26.5 Å². The smallest absolute Gasteiger partial charge is 0.462 e. The molecule has 10 heteroatoms. The third-order valence-corrected chi connectivity index (χ3v) is 15.5. The number of ether oxygens (including phenoxy) is 2. The second-order valence-electron chi connectivity index (χ2n) is 24.2. The predicted octanol–water partition coefficient (Wildman–Crippen LogP) is 23.2. The van der Waals surface area contributed by atoms with Crippen LogP contribution in [0.1, 0.15) is 271 Å². The lowest BCUT2D eigenvalue weighted by molar-refractivity contribution is -0.870. The van der Waals surface area contributed by atoms with E-state index in [1.54, 1.807) is 0 Å². The van der Waals surface area contributed by atoms with Gasteiger partial charge in [-0.1, -0.05) is 294 Å². The summed E-state index contributed by atoms with van der Waals surface area (Å²) in [7, 11) is 1.46. The molecule has 0 aromatic heterocycles. The lowest BCUT2D eigenvalue weighted by Gasteiger charge is -2.24. The summed E-state index contributed by atoms with van der Waals surface area (Å²) in [6.45, 7) is 4.20. The Morgan fingerprint density at radius 3 is 0.909 bits per heavy atom. The summed E-state index contributed by atoms with van der Waals surface area (Å²) in [6, 6.07) is 0. The fourth-order valence-electron chi connectivity index (χ4n) is 9.24. The molecule has 0 aliphatic heterocycles. The fourth-order valence-corrected chi connectivity index (χ4v) is 9.98. The van der Waals surface area contributed by atoms with E-state index in [0.717, 1.165) is 122 Å². The number of nitrogens with zero attached hydrogens (tertiary/aromatic N) is 1. The van der Waals surface area contributed by atoms with Gasteiger partial charge in [0.2, 0.25) is 0 Å². The summed E-state index contributed by atoms with van der Waals surface area (Å²) in [5.41, 5.74) is 0. The monoisotopic (exact) mass is 1240 g/mol. The molecule has 2 unspecified atom stereocenters. The zero-order valence-corrected chi connectivity index (χ0v) is 57.8. The van der Waals surface area contributed by atoms with Gasteiger partial charge in [-0.05, 0) is 122 Å². The Hall–Kier alpha value is -4.37.